The number of nitrogens with zero attached hydrogens (tertiary/aromatic N) is 2. The summed E-state index contributed by atoms with van der Waals surface area (Å²) in [4.78, 5) is 12.3. The topological polar surface area (TPSA) is 85.9 Å². The minimum Gasteiger partial charge on any atom is -0.478 e. The van der Waals surface area contributed by atoms with E-state index in [9.17, 15) is 10.1 Å². The summed E-state index contributed by atoms with van der Waals surface area (Å²) in [5.74, 6) is -0.0468. The maximum atomic E-state index is 12.3. The second-order valence-electron chi connectivity index (χ2n) is 4.86. The van der Waals surface area contributed by atoms with Gasteiger partial charge >= 0.3 is 0 Å². The number of hydrogen-bond donors (Lipinski definition) is 1. The molecule has 0 atom stereocenters. The van der Waals surface area contributed by atoms with Gasteiger partial charge in [-0.2, -0.15) is 10.5 Å². The molecule has 0 aliphatic rings. The zero-order valence-electron chi connectivity index (χ0n) is 13.1. The number of halogens is 3. The van der Waals surface area contributed by atoms with E-state index in [1.807, 2.05) is 34.7 Å². The molecule has 0 aliphatic heterocycles. The fraction of sp³-hybridized carbons (Fsp3) is 0.0556. The van der Waals surface area contributed by atoms with E-state index in [4.69, 9.17) is 33.2 Å². The number of carbonyl (C=O) groups is 1. The molecule has 5 nitrogen and oxygen atoms in total. The van der Waals surface area contributed by atoms with Gasteiger partial charge in [0.05, 0.1) is 19.3 Å². The summed E-state index contributed by atoms with van der Waals surface area (Å²) in [5.41, 5.74) is 0.866. The van der Waals surface area contributed by atoms with Crippen LogP contribution in [0.2, 0.25) is 10.0 Å². The van der Waals surface area contributed by atoms with Gasteiger partial charge in [0.25, 0.3) is 5.91 Å². The molecular formula is C18H10Cl2IN3O2. The van der Waals surface area contributed by atoms with Gasteiger partial charge in [0, 0.05) is 0 Å². The van der Waals surface area contributed by atoms with Crippen molar-refractivity contribution in [3.8, 4) is 17.9 Å². The molecule has 1 N–H and O–H groups in total. The van der Waals surface area contributed by atoms with Crippen LogP contribution in [0.3, 0.4) is 0 Å². The normalized spacial score (nSPS) is 10.6. The lowest BCUT2D eigenvalue weighted by molar-refractivity contribution is -0.112. The van der Waals surface area contributed by atoms with Gasteiger partial charge in [-0.15, -0.1) is 0 Å². The maximum Gasteiger partial charge on any atom is 0.266 e. The van der Waals surface area contributed by atoms with Gasteiger partial charge in [-0.3, -0.25) is 4.79 Å². The zero-order valence-corrected chi connectivity index (χ0v) is 16.8. The van der Waals surface area contributed by atoms with Gasteiger partial charge < -0.3 is 10.1 Å². The fourth-order valence-electron chi connectivity index (χ4n) is 1.94. The van der Waals surface area contributed by atoms with E-state index in [0.717, 1.165) is 3.57 Å². The summed E-state index contributed by atoms with van der Waals surface area (Å²) in [6.07, 6.45) is 1.45. The molecule has 0 unspecified atom stereocenters. The standard InChI is InChI=1S/C18H10Cl2IN3O2/c19-13-2-1-3-15(17(13)20)24-18(25)12(10-23)8-11-4-5-16(14(21)9-11)26-7-6-22/h1-5,8-9H,7H2,(H,24,25)/b12-8-. The van der Waals surface area contributed by atoms with Crippen LogP contribution in [0.5, 0.6) is 5.75 Å². The molecule has 130 valence electrons. The largest absolute Gasteiger partial charge is 0.478 e. The van der Waals surface area contributed by atoms with Crippen molar-refractivity contribution >= 4 is 63.5 Å². The minimum absolute atomic E-state index is 0.0581. The Bertz CT molecular complexity index is 962. The molecule has 0 fully saturated rings. The van der Waals surface area contributed by atoms with Crippen molar-refractivity contribution in [1.82, 2.24) is 0 Å². The van der Waals surface area contributed by atoms with E-state index in [-0.39, 0.29) is 17.2 Å². The first kappa shape index (κ1) is 20.1. The third-order valence-electron chi connectivity index (χ3n) is 3.12. The maximum absolute atomic E-state index is 12.3. The van der Waals surface area contributed by atoms with E-state index >= 15 is 0 Å². The number of rotatable bonds is 5. The Morgan fingerprint density at radius 3 is 2.69 bits per heavy atom. The molecule has 0 saturated heterocycles. The first-order valence-corrected chi connectivity index (χ1v) is 8.96. The molecule has 26 heavy (non-hydrogen) atoms. The molecule has 1 amide bonds. The molecule has 0 spiro atoms. The molecule has 2 aromatic rings. The van der Waals surface area contributed by atoms with Crippen LogP contribution in [0.25, 0.3) is 6.08 Å². The third-order valence-corrected chi connectivity index (χ3v) is 4.79. The Balaban J connectivity index is 2.23. The van der Waals surface area contributed by atoms with Gasteiger partial charge in [0.1, 0.15) is 23.5 Å². The van der Waals surface area contributed by atoms with E-state index in [0.29, 0.717) is 22.0 Å². The summed E-state index contributed by atoms with van der Waals surface area (Å²) in [5, 5.41) is 20.9. The highest BCUT2D eigenvalue weighted by Crippen LogP contribution is 2.30. The number of nitrogens with one attached hydrogen (secondary N) is 1. The van der Waals surface area contributed by atoms with Crippen LogP contribution in [-0.4, -0.2) is 12.5 Å². The van der Waals surface area contributed by atoms with Gasteiger partial charge in [0.15, 0.2) is 6.61 Å². The summed E-state index contributed by atoms with van der Waals surface area (Å²) < 4.78 is 6.01. The Morgan fingerprint density at radius 1 is 1.27 bits per heavy atom. The van der Waals surface area contributed by atoms with Gasteiger partial charge in [0.2, 0.25) is 0 Å². The first-order chi connectivity index (χ1) is 12.5. The van der Waals surface area contributed by atoms with Crippen molar-refractivity contribution in [2.45, 2.75) is 0 Å². The average molecular weight is 498 g/mol. The number of carbonyl (C=O) groups excluding carboxylic acids is 1. The fourth-order valence-corrected chi connectivity index (χ4v) is 2.98. The van der Waals surface area contributed by atoms with Crippen molar-refractivity contribution in [2.24, 2.45) is 0 Å². The van der Waals surface area contributed by atoms with Crippen molar-refractivity contribution in [2.75, 3.05) is 11.9 Å². The zero-order chi connectivity index (χ0) is 19.1. The van der Waals surface area contributed by atoms with E-state index in [2.05, 4.69) is 5.32 Å². The van der Waals surface area contributed by atoms with Gasteiger partial charge in [-0.05, 0) is 58.5 Å². The smallest absolute Gasteiger partial charge is 0.266 e. The van der Waals surface area contributed by atoms with Crippen molar-refractivity contribution in [3.05, 3.63) is 61.2 Å². The Hall–Kier alpha value is -2.26. The molecule has 0 heterocycles. The van der Waals surface area contributed by atoms with Crippen LogP contribution in [0.15, 0.2) is 42.0 Å². The second-order valence-corrected chi connectivity index (χ2v) is 6.81. The second kappa shape index (κ2) is 9.44. The molecule has 8 heteroatoms. The summed E-state index contributed by atoms with van der Waals surface area (Å²) in [6.45, 7) is -0.0581. The van der Waals surface area contributed by atoms with Gasteiger partial charge in [-0.1, -0.05) is 35.3 Å². The van der Waals surface area contributed by atoms with Crippen LogP contribution in [0.4, 0.5) is 5.69 Å². The van der Waals surface area contributed by atoms with Crippen LogP contribution in [0, 0.1) is 26.2 Å². The van der Waals surface area contributed by atoms with Gasteiger partial charge in [-0.25, -0.2) is 0 Å². The predicted octanol–water partition coefficient (Wildman–Crippen LogP) is 5.05. The van der Waals surface area contributed by atoms with Crippen LogP contribution in [-0.2, 0) is 4.79 Å². The van der Waals surface area contributed by atoms with E-state index in [1.54, 1.807) is 36.4 Å². The van der Waals surface area contributed by atoms with Crippen molar-refractivity contribution < 1.29 is 9.53 Å². The summed E-state index contributed by atoms with van der Waals surface area (Å²) in [6, 6.07) is 13.7. The Kier molecular flexibility index (Phi) is 7.28. The predicted molar refractivity (Wildman–Crippen MR) is 109 cm³/mol. The average Bonchev–Trinajstić information content (AvgIpc) is 2.62. The number of nitriles is 2. The van der Waals surface area contributed by atoms with Crippen LogP contribution < -0.4 is 10.1 Å². The lowest BCUT2D eigenvalue weighted by atomic mass is 10.1. The number of benzene rings is 2. The molecule has 2 aromatic carbocycles. The van der Waals surface area contributed by atoms with Crippen LogP contribution >= 0.6 is 45.8 Å². The van der Waals surface area contributed by atoms with Crippen molar-refractivity contribution in [3.63, 3.8) is 0 Å². The molecular weight excluding hydrogens is 488 g/mol. The number of amides is 1. The Labute approximate surface area is 173 Å². The van der Waals surface area contributed by atoms with Crippen molar-refractivity contribution in [1.29, 1.82) is 10.5 Å². The molecule has 0 bridgehead atoms. The molecule has 2 rings (SSSR count). The number of anilines is 1. The summed E-state index contributed by atoms with van der Waals surface area (Å²) in [7, 11) is 0. The SMILES string of the molecule is N#CCOc1ccc(/C=C(/C#N)C(=O)Nc2cccc(Cl)c2Cl)cc1I. The van der Waals surface area contributed by atoms with E-state index < -0.39 is 5.91 Å². The first-order valence-electron chi connectivity index (χ1n) is 7.12. The third kappa shape index (κ3) is 5.12. The number of hydrogen-bond acceptors (Lipinski definition) is 4. The Morgan fingerprint density at radius 2 is 2.04 bits per heavy atom. The highest BCUT2D eigenvalue weighted by Gasteiger charge is 2.13. The lowest BCUT2D eigenvalue weighted by Gasteiger charge is -2.08. The molecule has 0 saturated carbocycles. The van der Waals surface area contributed by atoms with Crippen LogP contribution in [0.1, 0.15) is 5.56 Å². The highest BCUT2D eigenvalue weighted by atomic mass is 127. The molecule has 0 aromatic heterocycles. The quantitative estimate of drug-likeness (QED) is 0.356. The van der Waals surface area contributed by atoms with E-state index in [1.165, 1.54) is 6.08 Å². The molecule has 0 aliphatic carbocycles. The number of ether oxygens (including phenoxy) is 1. The minimum atomic E-state index is -0.600. The monoisotopic (exact) mass is 497 g/mol. The summed E-state index contributed by atoms with van der Waals surface area (Å²) >= 11 is 14.0. The molecule has 0 radical (unpaired) electrons. The highest BCUT2D eigenvalue weighted by molar-refractivity contribution is 14.1. The lowest BCUT2D eigenvalue weighted by Crippen LogP contribution is -2.13.